The van der Waals surface area contributed by atoms with Crippen molar-refractivity contribution < 1.29 is 4.79 Å². The maximum Gasteiger partial charge on any atom is 0.275 e. The van der Waals surface area contributed by atoms with Crippen LogP contribution in [-0.2, 0) is 6.54 Å². The van der Waals surface area contributed by atoms with Gasteiger partial charge in [-0.3, -0.25) is 9.69 Å². The molecular weight excluding hydrogens is 302 g/mol. The summed E-state index contributed by atoms with van der Waals surface area (Å²) < 4.78 is 0. The average molecular weight is 319 g/mol. The van der Waals surface area contributed by atoms with Crippen LogP contribution in [0.1, 0.15) is 16.1 Å². The van der Waals surface area contributed by atoms with Crippen molar-refractivity contribution in [2.45, 2.75) is 6.54 Å². The molecule has 0 atom stereocenters. The Labute approximate surface area is 132 Å². The third-order valence-corrected chi connectivity index (χ3v) is 4.89. The number of nitrogens with zero attached hydrogens (tertiary/aromatic N) is 2. The van der Waals surface area contributed by atoms with E-state index in [0.29, 0.717) is 5.69 Å². The Morgan fingerprint density at radius 3 is 2.95 bits per heavy atom. The topological polar surface area (TPSA) is 45.2 Å². The second-order valence-electron chi connectivity index (χ2n) is 4.92. The number of thioether (sulfide) groups is 1. The third-order valence-electron chi connectivity index (χ3n) is 3.36. The predicted octanol–water partition coefficient (Wildman–Crippen LogP) is 2.94. The maximum absolute atomic E-state index is 12.0. The van der Waals surface area contributed by atoms with Gasteiger partial charge in [0.1, 0.15) is 5.69 Å². The first kappa shape index (κ1) is 14.6. The number of carbonyl (C=O) groups excluding carboxylic acids is 1. The first-order valence-electron chi connectivity index (χ1n) is 6.90. The number of carbonyl (C=O) groups is 1. The summed E-state index contributed by atoms with van der Waals surface area (Å²) in [5.41, 5.74) is 4.20. The maximum atomic E-state index is 12.0. The van der Waals surface area contributed by atoms with Gasteiger partial charge in [0.05, 0.1) is 5.51 Å². The molecule has 1 aromatic carbocycles. The summed E-state index contributed by atoms with van der Waals surface area (Å²) >= 11 is 3.44. The van der Waals surface area contributed by atoms with Crippen LogP contribution in [0.25, 0.3) is 0 Å². The van der Waals surface area contributed by atoms with Gasteiger partial charge in [0.2, 0.25) is 0 Å². The highest BCUT2D eigenvalue weighted by molar-refractivity contribution is 7.99. The zero-order valence-corrected chi connectivity index (χ0v) is 13.3. The normalized spacial score (nSPS) is 15.8. The van der Waals surface area contributed by atoms with Gasteiger partial charge in [0.25, 0.3) is 5.91 Å². The van der Waals surface area contributed by atoms with E-state index in [1.807, 2.05) is 30.0 Å². The molecule has 6 heteroatoms. The standard InChI is InChI=1S/C15H17N3OS2/c19-15(14-10-21-11-16-14)17-13-3-1-2-12(8-13)9-18-4-6-20-7-5-18/h1-3,8,10-11H,4-7,9H2,(H,17,19). The molecular formula is C15H17N3OS2. The highest BCUT2D eigenvalue weighted by atomic mass is 32.2. The summed E-state index contributed by atoms with van der Waals surface area (Å²) in [7, 11) is 0. The molecule has 1 aliphatic heterocycles. The fraction of sp³-hybridized carbons (Fsp3) is 0.333. The smallest absolute Gasteiger partial charge is 0.275 e. The van der Waals surface area contributed by atoms with E-state index in [4.69, 9.17) is 0 Å². The molecule has 1 N–H and O–H groups in total. The molecule has 1 amide bonds. The van der Waals surface area contributed by atoms with E-state index >= 15 is 0 Å². The predicted molar refractivity (Wildman–Crippen MR) is 89.1 cm³/mol. The van der Waals surface area contributed by atoms with Crippen LogP contribution in [-0.4, -0.2) is 40.4 Å². The van der Waals surface area contributed by atoms with E-state index in [9.17, 15) is 4.79 Å². The van der Waals surface area contributed by atoms with Crippen molar-refractivity contribution in [3.8, 4) is 0 Å². The zero-order valence-electron chi connectivity index (χ0n) is 11.6. The van der Waals surface area contributed by atoms with Crippen molar-refractivity contribution in [2.75, 3.05) is 29.9 Å². The van der Waals surface area contributed by atoms with Crippen molar-refractivity contribution in [1.29, 1.82) is 0 Å². The third kappa shape index (κ3) is 4.06. The SMILES string of the molecule is O=C(Nc1cccc(CN2CCSCC2)c1)c1cscn1. The number of aromatic nitrogens is 1. The molecule has 110 valence electrons. The summed E-state index contributed by atoms with van der Waals surface area (Å²) in [4.78, 5) is 18.5. The molecule has 3 rings (SSSR count). The lowest BCUT2D eigenvalue weighted by Gasteiger charge is -2.26. The van der Waals surface area contributed by atoms with Crippen LogP contribution < -0.4 is 5.32 Å². The number of hydrogen-bond donors (Lipinski definition) is 1. The number of amides is 1. The fourth-order valence-corrected chi connectivity index (χ4v) is 3.80. The molecule has 0 aliphatic carbocycles. The summed E-state index contributed by atoms with van der Waals surface area (Å²) in [6, 6.07) is 8.07. The van der Waals surface area contributed by atoms with Crippen LogP contribution >= 0.6 is 23.1 Å². The first-order valence-corrected chi connectivity index (χ1v) is 8.99. The van der Waals surface area contributed by atoms with Crippen molar-refractivity contribution in [2.24, 2.45) is 0 Å². The summed E-state index contributed by atoms with van der Waals surface area (Å²) in [6.45, 7) is 3.22. The van der Waals surface area contributed by atoms with Crippen LogP contribution in [0.4, 0.5) is 5.69 Å². The van der Waals surface area contributed by atoms with Gasteiger partial charge in [0, 0.05) is 42.2 Å². The molecule has 1 aliphatic rings. The number of nitrogens with one attached hydrogen (secondary N) is 1. The van der Waals surface area contributed by atoms with Crippen LogP contribution in [0.15, 0.2) is 35.2 Å². The Morgan fingerprint density at radius 2 is 2.19 bits per heavy atom. The highest BCUT2D eigenvalue weighted by Crippen LogP contribution is 2.16. The molecule has 1 fully saturated rings. The van der Waals surface area contributed by atoms with E-state index in [0.717, 1.165) is 25.3 Å². The van der Waals surface area contributed by atoms with Crippen LogP contribution in [0.2, 0.25) is 0 Å². The van der Waals surface area contributed by atoms with Crippen LogP contribution in [0, 0.1) is 0 Å². The van der Waals surface area contributed by atoms with Crippen LogP contribution in [0.3, 0.4) is 0 Å². The Bertz CT molecular complexity index is 595. The number of anilines is 1. The van der Waals surface area contributed by atoms with Crippen molar-refractivity contribution in [1.82, 2.24) is 9.88 Å². The molecule has 0 spiro atoms. The lowest BCUT2D eigenvalue weighted by atomic mass is 10.2. The lowest BCUT2D eigenvalue weighted by molar-refractivity contribution is 0.102. The molecule has 0 radical (unpaired) electrons. The molecule has 2 aromatic rings. The molecule has 21 heavy (non-hydrogen) atoms. The Morgan fingerprint density at radius 1 is 1.33 bits per heavy atom. The molecule has 1 saturated heterocycles. The van der Waals surface area contributed by atoms with Gasteiger partial charge in [-0.15, -0.1) is 11.3 Å². The molecule has 4 nitrogen and oxygen atoms in total. The van der Waals surface area contributed by atoms with E-state index in [2.05, 4.69) is 21.3 Å². The second-order valence-corrected chi connectivity index (χ2v) is 6.86. The van der Waals surface area contributed by atoms with Crippen molar-refractivity contribution in [3.63, 3.8) is 0 Å². The van der Waals surface area contributed by atoms with E-state index in [1.54, 1.807) is 10.9 Å². The Balaban J connectivity index is 1.64. The van der Waals surface area contributed by atoms with E-state index in [1.165, 1.54) is 28.4 Å². The monoisotopic (exact) mass is 319 g/mol. The number of hydrogen-bond acceptors (Lipinski definition) is 5. The highest BCUT2D eigenvalue weighted by Gasteiger charge is 2.12. The molecule has 1 aromatic heterocycles. The second kappa shape index (κ2) is 7.06. The van der Waals surface area contributed by atoms with Gasteiger partial charge in [-0.05, 0) is 17.7 Å². The molecule has 0 bridgehead atoms. The summed E-state index contributed by atoms with van der Waals surface area (Å²) in [5.74, 6) is 2.27. The molecule has 0 saturated carbocycles. The van der Waals surface area contributed by atoms with Gasteiger partial charge in [-0.25, -0.2) is 4.98 Å². The number of rotatable bonds is 4. The van der Waals surface area contributed by atoms with Gasteiger partial charge in [-0.2, -0.15) is 11.8 Å². The first-order chi connectivity index (χ1) is 10.3. The minimum absolute atomic E-state index is 0.150. The quantitative estimate of drug-likeness (QED) is 0.941. The minimum Gasteiger partial charge on any atom is -0.321 e. The lowest BCUT2D eigenvalue weighted by Crippen LogP contribution is -2.31. The van der Waals surface area contributed by atoms with Gasteiger partial charge in [0.15, 0.2) is 0 Å². The molecule has 2 heterocycles. The summed E-state index contributed by atoms with van der Waals surface area (Å²) in [5, 5.41) is 4.66. The van der Waals surface area contributed by atoms with E-state index in [-0.39, 0.29) is 5.91 Å². The summed E-state index contributed by atoms with van der Waals surface area (Å²) in [6.07, 6.45) is 0. The van der Waals surface area contributed by atoms with Crippen LogP contribution in [0.5, 0.6) is 0 Å². The van der Waals surface area contributed by atoms with Crippen molar-refractivity contribution in [3.05, 3.63) is 46.4 Å². The minimum atomic E-state index is -0.150. The number of thiazole rings is 1. The van der Waals surface area contributed by atoms with Crippen molar-refractivity contribution >= 4 is 34.7 Å². The Kier molecular flexibility index (Phi) is 4.90. The molecule has 0 unspecified atom stereocenters. The zero-order chi connectivity index (χ0) is 14.5. The van der Waals surface area contributed by atoms with Gasteiger partial charge < -0.3 is 5.32 Å². The van der Waals surface area contributed by atoms with Gasteiger partial charge in [-0.1, -0.05) is 12.1 Å². The Hall–Kier alpha value is -1.37. The largest absolute Gasteiger partial charge is 0.321 e. The average Bonchev–Trinajstić information content (AvgIpc) is 3.03. The fourth-order valence-electron chi connectivity index (χ4n) is 2.28. The number of benzene rings is 1. The van der Waals surface area contributed by atoms with E-state index < -0.39 is 0 Å². The van der Waals surface area contributed by atoms with Gasteiger partial charge >= 0.3 is 0 Å².